The van der Waals surface area contributed by atoms with Crippen molar-refractivity contribution in [2.75, 3.05) is 37.4 Å². The molecule has 0 unspecified atom stereocenters. The van der Waals surface area contributed by atoms with E-state index in [2.05, 4.69) is 9.97 Å². The molecule has 18 heavy (non-hydrogen) atoms. The van der Waals surface area contributed by atoms with Crippen molar-refractivity contribution < 1.29 is 9.53 Å². The Hall–Kier alpha value is -1.89. The van der Waals surface area contributed by atoms with Gasteiger partial charge in [0.05, 0.1) is 18.8 Å². The third kappa shape index (κ3) is 2.86. The summed E-state index contributed by atoms with van der Waals surface area (Å²) in [6, 6.07) is 1.83. The lowest BCUT2D eigenvalue weighted by Crippen LogP contribution is -2.31. The molecule has 7 heteroatoms. The standard InChI is InChI=1S/C11H17N5O2/c1-16(5-9(12)17)10-4-8(14-11(13)15-10)7-2-3-18-6-7/h4,7H,2-3,5-6H2,1H3,(H2,12,17)(H2,13,14,15)/t7-/m1/s1. The molecule has 7 nitrogen and oxygen atoms in total. The summed E-state index contributed by atoms with van der Waals surface area (Å²) >= 11 is 0. The second kappa shape index (κ2) is 5.18. The fraction of sp³-hybridized carbons (Fsp3) is 0.545. The van der Waals surface area contributed by atoms with Gasteiger partial charge in [-0.3, -0.25) is 4.79 Å². The number of nitrogens with two attached hydrogens (primary N) is 2. The number of hydrogen-bond donors (Lipinski definition) is 2. The van der Waals surface area contributed by atoms with Crippen molar-refractivity contribution in [2.45, 2.75) is 12.3 Å². The number of anilines is 2. The molecule has 1 saturated heterocycles. The number of nitrogens with zero attached hydrogens (tertiary/aromatic N) is 3. The van der Waals surface area contributed by atoms with Gasteiger partial charge in [-0.05, 0) is 6.42 Å². The third-order valence-electron chi connectivity index (χ3n) is 2.88. The highest BCUT2D eigenvalue weighted by Gasteiger charge is 2.21. The van der Waals surface area contributed by atoms with Crippen LogP contribution in [0, 0.1) is 0 Å². The van der Waals surface area contributed by atoms with Gasteiger partial charge in [-0.2, -0.15) is 4.98 Å². The van der Waals surface area contributed by atoms with Crippen LogP contribution in [0.4, 0.5) is 11.8 Å². The molecule has 1 fully saturated rings. The van der Waals surface area contributed by atoms with E-state index in [-0.39, 0.29) is 18.4 Å². The van der Waals surface area contributed by atoms with Crippen molar-refractivity contribution >= 4 is 17.7 Å². The monoisotopic (exact) mass is 251 g/mol. The molecule has 98 valence electrons. The van der Waals surface area contributed by atoms with Crippen LogP contribution in [0.2, 0.25) is 0 Å². The van der Waals surface area contributed by atoms with Crippen LogP contribution in [0.25, 0.3) is 0 Å². The molecule has 1 aliphatic rings. The van der Waals surface area contributed by atoms with E-state index >= 15 is 0 Å². The first-order valence-corrected chi connectivity index (χ1v) is 5.78. The fourth-order valence-corrected chi connectivity index (χ4v) is 1.96. The average Bonchev–Trinajstić information content (AvgIpc) is 2.80. The van der Waals surface area contributed by atoms with Crippen molar-refractivity contribution in [3.8, 4) is 0 Å². The number of nitrogen functional groups attached to an aromatic ring is 1. The summed E-state index contributed by atoms with van der Waals surface area (Å²) in [5, 5.41) is 0. The van der Waals surface area contributed by atoms with Crippen LogP contribution in [-0.2, 0) is 9.53 Å². The lowest BCUT2D eigenvalue weighted by molar-refractivity contribution is -0.116. The van der Waals surface area contributed by atoms with E-state index in [1.165, 1.54) is 0 Å². The maximum absolute atomic E-state index is 10.9. The Bertz CT molecular complexity index is 445. The summed E-state index contributed by atoms with van der Waals surface area (Å²) in [5.74, 6) is 0.630. The van der Waals surface area contributed by atoms with Crippen LogP contribution < -0.4 is 16.4 Å². The van der Waals surface area contributed by atoms with Crippen LogP contribution in [0.5, 0.6) is 0 Å². The van der Waals surface area contributed by atoms with Gasteiger partial charge in [0.15, 0.2) is 0 Å². The highest BCUT2D eigenvalue weighted by molar-refractivity contribution is 5.79. The van der Waals surface area contributed by atoms with Gasteiger partial charge in [0.25, 0.3) is 0 Å². The smallest absolute Gasteiger partial charge is 0.236 e. The molecule has 1 amide bonds. The molecule has 2 rings (SSSR count). The largest absolute Gasteiger partial charge is 0.381 e. The van der Waals surface area contributed by atoms with Gasteiger partial charge >= 0.3 is 0 Å². The van der Waals surface area contributed by atoms with Crippen LogP contribution in [0.1, 0.15) is 18.0 Å². The van der Waals surface area contributed by atoms with E-state index in [9.17, 15) is 4.79 Å². The zero-order valence-corrected chi connectivity index (χ0v) is 10.3. The summed E-state index contributed by atoms with van der Waals surface area (Å²) in [7, 11) is 1.74. The second-order valence-electron chi connectivity index (χ2n) is 4.39. The first-order chi connectivity index (χ1) is 8.56. The highest BCUT2D eigenvalue weighted by atomic mass is 16.5. The van der Waals surface area contributed by atoms with E-state index < -0.39 is 5.91 Å². The Balaban J connectivity index is 2.22. The number of carbonyl (C=O) groups excluding carboxylic acids is 1. The number of ether oxygens (including phenoxy) is 1. The van der Waals surface area contributed by atoms with E-state index in [0.29, 0.717) is 12.4 Å². The van der Waals surface area contributed by atoms with Crippen LogP contribution in [-0.4, -0.2) is 42.7 Å². The maximum atomic E-state index is 10.9. The minimum Gasteiger partial charge on any atom is -0.381 e. The molecule has 0 spiro atoms. The quantitative estimate of drug-likeness (QED) is 0.746. The van der Waals surface area contributed by atoms with Crippen molar-refractivity contribution in [3.63, 3.8) is 0 Å². The van der Waals surface area contributed by atoms with Crippen LogP contribution >= 0.6 is 0 Å². The maximum Gasteiger partial charge on any atom is 0.236 e. The van der Waals surface area contributed by atoms with E-state index in [1.54, 1.807) is 11.9 Å². The van der Waals surface area contributed by atoms with Gasteiger partial charge in [0, 0.05) is 25.6 Å². The molecular weight excluding hydrogens is 234 g/mol. The SMILES string of the molecule is CN(CC(N)=O)c1cc([C@@H]2CCOC2)nc(N)n1. The normalized spacial score (nSPS) is 18.8. The summed E-state index contributed by atoms with van der Waals surface area (Å²) < 4.78 is 5.33. The number of primary amides is 1. The van der Waals surface area contributed by atoms with E-state index in [0.717, 1.165) is 18.7 Å². The molecule has 0 radical (unpaired) electrons. The molecular formula is C11H17N5O2. The lowest BCUT2D eigenvalue weighted by atomic mass is 10.0. The molecule has 1 aliphatic heterocycles. The third-order valence-corrected chi connectivity index (χ3v) is 2.88. The van der Waals surface area contributed by atoms with Crippen LogP contribution in [0.15, 0.2) is 6.07 Å². The highest BCUT2D eigenvalue weighted by Crippen LogP contribution is 2.26. The van der Waals surface area contributed by atoms with Gasteiger partial charge in [-0.15, -0.1) is 0 Å². The Morgan fingerprint density at radius 1 is 1.61 bits per heavy atom. The summed E-state index contributed by atoms with van der Waals surface area (Å²) in [5.41, 5.74) is 11.7. The molecule has 1 aromatic heterocycles. The molecule has 2 heterocycles. The zero-order valence-electron chi connectivity index (χ0n) is 10.3. The Morgan fingerprint density at radius 3 is 3.00 bits per heavy atom. The number of rotatable bonds is 4. The number of amides is 1. The van der Waals surface area contributed by atoms with E-state index in [4.69, 9.17) is 16.2 Å². The molecule has 0 saturated carbocycles. The number of likely N-dealkylation sites (N-methyl/N-ethyl adjacent to an activating group) is 1. The second-order valence-corrected chi connectivity index (χ2v) is 4.39. The molecule has 0 aliphatic carbocycles. The average molecular weight is 251 g/mol. The van der Waals surface area contributed by atoms with E-state index in [1.807, 2.05) is 6.07 Å². The van der Waals surface area contributed by atoms with Crippen molar-refractivity contribution in [3.05, 3.63) is 11.8 Å². The summed E-state index contributed by atoms with van der Waals surface area (Å²) in [4.78, 5) is 20.9. The first-order valence-electron chi connectivity index (χ1n) is 5.78. The van der Waals surface area contributed by atoms with Gasteiger partial charge in [0.1, 0.15) is 5.82 Å². The van der Waals surface area contributed by atoms with Gasteiger partial charge < -0.3 is 21.1 Å². The minimum atomic E-state index is -0.416. The predicted molar refractivity (Wildman–Crippen MR) is 67.1 cm³/mol. The fourth-order valence-electron chi connectivity index (χ4n) is 1.96. The van der Waals surface area contributed by atoms with Gasteiger partial charge in [-0.25, -0.2) is 4.98 Å². The molecule has 0 bridgehead atoms. The summed E-state index contributed by atoms with van der Waals surface area (Å²) in [6.07, 6.45) is 0.926. The topological polar surface area (TPSA) is 107 Å². The molecule has 0 aromatic carbocycles. The molecule has 1 atom stereocenters. The summed E-state index contributed by atoms with van der Waals surface area (Å²) in [6.45, 7) is 1.48. The predicted octanol–water partition coefficient (Wildman–Crippen LogP) is -0.516. The van der Waals surface area contributed by atoms with Crippen LogP contribution in [0.3, 0.4) is 0 Å². The number of hydrogen-bond acceptors (Lipinski definition) is 6. The number of aromatic nitrogens is 2. The number of carbonyl (C=O) groups is 1. The molecule has 1 aromatic rings. The van der Waals surface area contributed by atoms with Gasteiger partial charge in [-0.1, -0.05) is 0 Å². The minimum absolute atomic E-state index is 0.0943. The molecule has 4 N–H and O–H groups in total. The Kier molecular flexibility index (Phi) is 3.61. The van der Waals surface area contributed by atoms with Crippen molar-refractivity contribution in [1.82, 2.24) is 9.97 Å². The Labute approximate surface area is 105 Å². The zero-order chi connectivity index (χ0) is 13.1. The van der Waals surface area contributed by atoms with Crippen molar-refractivity contribution in [1.29, 1.82) is 0 Å². The first kappa shape index (κ1) is 12.6. The Morgan fingerprint density at radius 2 is 2.39 bits per heavy atom. The van der Waals surface area contributed by atoms with Gasteiger partial charge in [0.2, 0.25) is 11.9 Å². The van der Waals surface area contributed by atoms with Crippen molar-refractivity contribution in [2.24, 2.45) is 5.73 Å². The lowest BCUT2D eigenvalue weighted by Gasteiger charge is -2.18.